The third-order valence-electron chi connectivity index (χ3n) is 4.33. The molecule has 0 radical (unpaired) electrons. The van der Waals surface area contributed by atoms with E-state index in [9.17, 15) is 9.59 Å². The van der Waals surface area contributed by atoms with Gasteiger partial charge in [-0.15, -0.1) is 0 Å². The molecular formula is C21H26ClN3O2. The SMILES string of the molecule is Cc1ccc(NC(=O)CN(C)C(=O)[C@H](C)N[C@H](C)c2ccc(Cl)cc2)cc1. The van der Waals surface area contributed by atoms with E-state index >= 15 is 0 Å². The predicted molar refractivity (Wildman–Crippen MR) is 110 cm³/mol. The fraction of sp³-hybridized carbons (Fsp3) is 0.333. The van der Waals surface area contributed by atoms with Crippen molar-refractivity contribution >= 4 is 29.1 Å². The van der Waals surface area contributed by atoms with Crippen LogP contribution in [-0.2, 0) is 9.59 Å². The molecule has 5 nitrogen and oxygen atoms in total. The first-order chi connectivity index (χ1) is 12.8. The number of rotatable bonds is 7. The Kier molecular flexibility index (Phi) is 7.39. The Hall–Kier alpha value is -2.37. The van der Waals surface area contributed by atoms with Crippen LogP contribution in [-0.4, -0.2) is 36.3 Å². The van der Waals surface area contributed by atoms with Crippen molar-refractivity contribution in [3.05, 3.63) is 64.7 Å². The van der Waals surface area contributed by atoms with Gasteiger partial charge < -0.3 is 10.2 Å². The lowest BCUT2D eigenvalue weighted by atomic mass is 10.1. The summed E-state index contributed by atoms with van der Waals surface area (Å²) in [4.78, 5) is 26.2. The van der Waals surface area contributed by atoms with Crippen molar-refractivity contribution in [1.82, 2.24) is 10.2 Å². The van der Waals surface area contributed by atoms with Crippen molar-refractivity contribution in [3.63, 3.8) is 0 Å². The average Bonchev–Trinajstić information content (AvgIpc) is 2.63. The van der Waals surface area contributed by atoms with E-state index in [4.69, 9.17) is 11.6 Å². The minimum atomic E-state index is -0.423. The maximum Gasteiger partial charge on any atom is 0.243 e. The second-order valence-electron chi connectivity index (χ2n) is 6.77. The number of hydrogen-bond acceptors (Lipinski definition) is 3. The molecule has 0 aliphatic carbocycles. The van der Waals surface area contributed by atoms with Gasteiger partial charge in [-0.25, -0.2) is 0 Å². The molecule has 2 rings (SSSR count). The van der Waals surface area contributed by atoms with Gasteiger partial charge in [0.05, 0.1) is 12.6 Å². The minimum absolute atomic E-state index is 0.00590. The molecule has 2 amide bonds. The van der Waals surface area contributed by atoms with Gasteiger partial charge in [0.15, 0.2) is 0 Å². The van der Waals surface area contributed by atoms with E-state index < -0.39 is 6.04 Å². The van der Waals surface area contributed by atoms with E-state index in [2.05, 4.69) is 10.6 Å². The number of nitrogens with zero attached hydrogens (tertiary/aromatic N) is 1. The lowest BCUT2D eigenvalue weighted by Crippen LogP contribution is -2.46. The van der Waals surface area contributed by atoms with Crippen molar-refractivity contribution in [1.29, 1.82) is 0 Å². The molecule has 0 aliphatic heterocycles. The quantitative estimate of drug-likeness (QED) is 0.759. The van der Waals surface area contributed by atoms with Crippen LogP contribution in [0.4, 0.5) is 5.69 Å². The fourth-order valence-corrected chi connectivity index (χ4v) is 2.88. The first kappa shape index (κ1) is 20.9. The van der Waals surface area contributed by atoms with Gasteiger partial charge in [-0.3, -0.25) is 14.9 Å². The minimum Gasteiger partial charge on any atom is -0.335 e. The zero-order valence-corrected chi connectivity index (χ0v) is 16.9. The Bertz CT molecular complexity index is 775. The summed E-state index contributed by atoms with van der Waals surface area (Å²) in [5.41, 5.74) is 2.88. The van der Waals surface area contributed by atoms with Crippen molar-refractivity contribution in [2.24, 2.45) is 0 Å². The molecule has 0 saturated carbocycles. The monoisotopic (exact) mass is 387 g/mol. The number of amides is 2. The third kappa shape index (κ3) is 6.38. The molecule has 0 aliphatic rings. The van der Waals surface area contributed by atoms with E-state index in [1.807, 2.05) is 62.4 Å². The van der Waals surface area contributed by atoms with Gasteiger partial charge in [-0.2, -0.15) is 0 Å². The number of nitrogens with one attached hydrogen (secondary N) is 2. The molecular weight excluding hydrogens is 362 g/mol. The first-order valence-electron chi connectivity index (χ1n) is 8.89. The molecule has 0 bridgehead atoms. The van der Waals surface area contributed by atoms with Crippen LogP contribution in [0, 0.1) is 6.92 Å². The molecule has 0 unspecified atom stereocenters. The summed E-state index contributed by atoms with van der Waals surface area (Å²) in [5.74, 6) is -0.373. The van der Waals surface area contributed by atoms with Crippen LogP contribution in [0.25, 0.3) is 0 Å². The van der Waals surface area contributed by atoms with Crippen LogP contribution in [0.5, 0.6) is 0 Å². The summed E-state index contributed by atoms with van der Waals surface area (Å²) in [7, 11) is 1.63. The highest BCUT2D eigenvalue weighted by Crippen LogP contribution is 2.16. The largest absolute Gasteiger partial charge is 0.335 e. The normalized spacial score (nSPS) is 12.9. The highest BCUT2D eigenvalue weighted by atomic mass is 35.5. The number of halogens is 1. The zero-order valence-electron chi connectivity index (χ0n) is 16.1. The van der Waals surface area contributed by atoms with Crippen molar-refractivity contribution in [2.45, 2.75) is 32.9 Å². The predicted octanol–water partition coefficient (Wildman–Crippen LogP) is 3.78. The van der Waals surface area contributed by atoms with Crippen LogP contribution >= 0.6 is 11.6 Å². The van der Waals surface area contributed by atoms with E-state index in [0.717, 1.165) is 11.1 Å². The zero-order chi connectivity index (χ0) is 20.0. The van der Waals surface area contributed by atoms with Crippen molar-refractivity contribution < 1.29 is 9.59 Å². The molecule has 2 N–H and O–H groups in total. The van der Waals surface area contributed by atoms with Crippen LogP contribution in [0.3, 0.4) is 0 Å². The van der Waals surface area contributed by atoms with Gasteiger partial charge in [-0.1, -0.05) is 41.4 Å². The Morgan fingerprint density at radius 1 is 1.04 bits per heavy atom. The van der Waals surface area contributed by atoms with Gasteiger partial charge in [-0.05, 0) is 50.6 Å². The Morgan fingerprint density at radius 3 is 2.22 bits per heavy atom. The number of carbonyl (C=O) groups excluding carboxylic acids is 2. The molecule has 6 heteroatoms. The topological polar surface area (TPSA) is 61.4 Å². The van der Waals surface area contributed by atoms with Crippen molar-refractivity contribution in [3.8, 4) is 0 Å². The van der Waals surface area contributed by atoms with Gasteiger partial charge in [0.1, 0.15) is 0 Å². The van der Waals surface area contributed by atoms with E-state index in [-0.39, 0.29) is 24.4 Å². The van der Waals surface area contributed by atoms with Gasteiger partial charge >= 0.3 is 0 Å². The van der Waals surface area contributed by atoms with Crippen molar-refractivity contribution in [2.75, 3.05) is 18.9 Å². The number of anilines is 1. The molecule has 2 atom stereocenters. The average molecular weight is 388 g/mol. The summed E-state index contributed by atoms with van der Waals surface area (Å²) in [5, 5.41) is 6.73. The number of benzene rings is 2. The van der Waals surface area contributed by atoms with Gasteiger partial charge in [0.25, 0.3) is 0 Å². The van der Waals surface area contributed by atoms with Gasteiger partial charge in [0, 0.05) is 23.8 Å². The molecule has 0 fully saturated rings. The van der Waals surface area contributed by atoms with Crippen LogP contribution < -0.4 is 10.6 Å². The Morgan fingerprint density at radius 2 is 1.63 bits per heavy atom. The Balaban J connectivity index is 1.86. The summed E-state index contributed by atoms with van der Waals surface area (Å²) >= 11 is 5.91. The molecule has 2 aromatic rings. The molecule has 144 valence electrons. The van der Waals surface area contributed by atoms with Crippen LogP contribution in [0.15, 0.2) is 48.5 Å². The van der Waals surface area contributed by atoms with E-state index in [1.54, 1.807) is 14.0 Å². The maximum absolute atomic E-state index is 12.6. The number of hydrogen-bond donors (Lipinski definition) is 2. The number of carbonyl (C=O) groups is 2. The smallest absolute Gasteiger partial charge is 0.243 e. The summed E-state index contributed by atoms with van der Waals surface area (Å²) in [6.45, 7) is 5.76. The second kappa shape index (κ2) is 9.53. The summed E-state index contributed by atoms with van der Waals surface area (Å²) in [6, 6.07) is 14.6. The van der Waals surface area contributed by atoms with E-state index in [0.29, 0.717) is 10.7 Å². The van der Waals surface area contributed by atoms with Gasteiger partial charge in [0.2, 0.25) is 11.8 Å². The molecule has 0 heterocycles. The van der Waals surface area contributed by atoms with Crippen LogP contribution in [0.1, 0.15) is 31.0 Å². The van der Waals surface area contributed by atoms with Crippen LogP contribution in [0.2, 0.25) is 5.02 Å². The van der Waals surface area contributed by atoms with E-state index in [1.165, 1.54) is 4.90 Å². The lowest BCUT2D eigenvalue weighted by molar-refractivity contribution is -0.135. The molecule has 0 saturated heterocycles. The summed E-state index contributed by atoms with van der Waals surface area (Å²) < 4.78 is 0. The maximum atomic E-state index is 12.6. The standard InChI is InChI=1S/C21H26ClN3O2/c1-14-5-11-19(12-6-14)24-20(26)13-25(4)21(27)16(3)23-15(2)17-7-9-18(22)10-8-17/h5-12,15-16,23H,13H2,1-4H3,(H,24,26)/t15-,16+/m1/s1. The Labute approximate surface area is 165 Å². The third-order valence-corrected chi connectivity index (χ3v) is 4.58. The molecule has 2 aromatic carbocycles. The lowest BCUT2D eigenvalue weighted by Gasteiger charge is -2.24. The molecule has 27 heavy (non-hydrogen) atoms. The number of aryl methyl sites for hydroxylation is 1. The highest BCUT2D eigenvalue weighted by molar-refractivity contribution is 6.30. The first-order valence-corrected chi connectivity index (χ1v) is 9.27. The highest BCUT2D eigenvalue weighted by Gasteiger charge is 2.21. The molecule has 0 aromatic heterocycles. The number of likely N-dealkylation sites (N-methyl/N-ethyl adjacent to an activating group) is 1. The second-order valence-corrected chi connectivity index (χ2v) is 7.21. The summed E-state index contributed by atoms with van der Waals surface area (Å²) in [6.07, 6.45) is 0. The molecule has 0 spiro atoms. The fourth-order valence-electron chi connectivity index (χ4n) is 2.76.